The molecule has 0 spiro atoms. The van der Waals surface area contributed by atoms with Gasteiger partial charge in [-0.2, -0.15) is 0 Å². The molecule has 2 amide bonds. The summed E-state index contributed by atoms with van der Waals surface area (Å²) in [6.07, 6.45) is 18.4. The van der Waals surface area contributed by atoms with Gasteiger partial charge in [0.05, 0.1) is 12.7 Å². The number of rotatable bonds is 11. The summed E-state index contributed by atoms with van der Waals surface area (Å²) < 4.78 is 6.26. The second kappa shape index (κ2) is 16.1. The standard InChI is InChI=1S/C19H28N2O2.C17H26N2O3/c1-14-8-15-10-16(9-14)12-19(2,11-15)5-7-21-6-3-4-17(18(21)23)20-13-22;1-12(8-6-7-9-15(20)22-5)19-16(21)13-10-18-11-14(13)17(2,3)4/h3-4,6,13-16H,5,7-12H2,1-2H3,(H,20,22);7,9-12,18H,6,8H2,1-5H3,(H,19,21)/b;9-7+/t;12-/m.1/s1. The number of carbonyl (C=O) groups excluding carboxylic acids is 3. The van der Waals surface area contributed by atoms with E-state index in [2.05, 4.69) is 55.0 Å². The Kier molecular flexibility index (Phi) is 12.8. The van der Waals surface area contributed by atoms with Crippen molar-refractivity contribution in [3.05, 3.63) is 64.4 Å². The molecular formula is C36H54N4O5. The van der Waals surface area contributed by atoms with Crippen LogP contribution in [0.25, 0.3) is 0 Å². The molecule has 2 fully saturated rings. The number of ether oxygens (including phenoxy) is 1. The first-order chi connectivity index (χ1) is 21.2. The molecule has 2 bridgehead atoms. The van der Waals surface area contributed by atoms with Crippen molar-refractivity contribution in [3.63, 3.8) is 0 Å². The molecule has 45 heavy (non-hydrogen) atoms. The largest absolute Gasteiger partial charge is 0.466 e. The average Bonchev–Trinajstić information content (AvgIpc) is 3.47. The normalized spacial score (nSPS) is 23.4. The smallest absolute Gasteiger partial charge is 0.330 e. The maximum atomic E-state index is 12.3. The first-order valence-electron chi connectivity index (χ1n) is 16.4. The fraction of sp³-hybridized carbons (Fsp3) is 0.611. The monoisotopic (exact) mass is 622 g/mol. The number of methoxy groups -OCH3 is 1. The Balaban J connectivity index is 0.000000246. The van der Waals surface area contributed by atoms with Crippen molar-refractivity contribution in [2.45, 2.75) is 111 Å². The average molecular weight is 623 g/mol. The molecule has 0 aromatic carbocycles. The third-order valence-electron chi connectivity index (χ3n) is 9.29. The van der Waals surface area contributed by atoms with E-state index >= 15 is 0 Å². The van der Waals surface area contributed by atoms with E-state index in [9.17, 15) is 19.2 Å². The number of allylic oxidation sites excluding steroid dienone is 1. The summed E-state index contributed by atoms with van der Waals surface area (Å²) in [6, 6.07) is 3.51. The van der Waals surface area contributed by atoms with E-state index in [4.69, 9.17) is 0 Å². The van der Waals surface area contributed by atoms with E-state index in [0.717, 1.165) is 42.7 Å². The predicted octanol–water partition coefficient (Wildman–Crippen LogP) is 6.60. The Morgan fingerprint density at radius 1 is 1.18 bits per heavy atom. The molecule has 2 unspecified atom stereocenters. The summed E-state index contributed by atoms with van der Waals surface area (Å²) in [5, 5.41) is 5.47. The molecular weight excluding hydrogens is 568 g/mol. The minimum Gasteiger partial charge on any atom is -0.466 e. The van der Waals surface area contributed by atoms with E-state index in [1.54, 1.807) is 22.9 Å². The molecule has 3 atom stereocenters. The third-order valence-corrected chi connectivity index (χ3v) is 9.29. The van der Waals surface area contributed by atoms with Crippen LogP contribution in [-0.4, -0.2) is 41.0 Å². The molecule has 2 aromatic rings. The molecule has 2 aliphatic carbocycles. The summed E-state index contributed by atoms with van der Waals surface area (Å²) in [4.78, 5) is 49.2. The number of aromatic amines is 1. The first kappa shape index (κ1) is 35.9. The van der Waals surface area contributed by atoms with Gasteiger partial charge in [0, 0.05) is 37.3 Å². The maximum Gasteiger partial charge on any atom is 0.330 e. The van der Waals surface area contributed by atoms with Gasteiger partial charge in [-0.25, -0.2) is 4.79 Å². The number of hydrogen-bond donors (Lipinski definition) is 3. The Morgan fingerprint density at radius 3 is 2.49 bits per heavy atom. The highest BCUT2D eigenvalue weighted by atomic mass is 16.5. The Labute approximate surface area is 268 Å². The van der Waals surface area contributed by atoms with Gasteiger partial charge in [0.15, 0.2) is 0 Å². The van der Waals surface area contributed by atoms with Gasteiger partial charge in [0.25, 0.3) is 11.5 Å². The predicted molar refractivity (Wildman–Crippen MR) is 179 cm³/mol. The Hall–Kier alpha value is -3.62. The van der Waals surface area contributed by atoms with Crippen LogP contribution in [0.3, 0.4) is 0 Å². The lowest BCUT2D eigenvalue weighted by Crippen LogP contribution is -2.37. The van der Waals surface area contributed by atoms with Gasteiger partial charge in [0.2, 0.25) is 6.41 Å². The van der Waals surface area contributed by atoms with Crippen molar-refractivity contribution in [2.75, 3.05) is 12.4 Å². The molecule has 0 radical (unpaired) electrons. The minimum absolute atomic E-state index is 0.0255. The quantitative estimate of drug-likeness (QED) is 0.148. The number of aromatic nitrogens is 2. The number of esters is 1. The van der Waals surface area contributed by atoms with E-state index in [1.165, 1.54) is 45.3 Å². The first-order valence-corrected chi connectivity index (χ1v) is 16.4. The van der Waals surface area contributed by atoms with Gasteiger partial charge in [0.1, 0.15) is 5.69 Å². The van der Waals surface area contributed by atoms with Gasteiger partial charge in [-0.3, -0.25) is 14.4 Å². The summed E-state index contributed by atoms with van der Waals surface area (Å²) in [7, 11) is 1.35. The molecule has 2 aliphatic rings. The van der Waals surface area contributed by atoms with Gasteiger partial charge in [-0.1, -0.05) is 40.7 Å². The molecule has 248 valence electrons. The van der Waals surface area contributed by atoms with E-state index < -0.39 is 0 Å². The number of pyridine rings is 1. The fourth-order valence-corrected chi connectivity index (χ4v) is 7.33. The van der Waals surface area contributed by atoms with Crippen LogP contribution in [-0.2, 0) is 26.3 Å². The summed E-state index contributed by atoms with van der Waals surface area (Å²) >= 11 is 0. The summed E-state index contributed by atoms with van der Waals surface area (Å²) in [5.74, 6) is 2.20. The van der Waals surface area contributed by atoms with Crippen molar-refractivity contribution < 1.29 is 19.1 Å². The number of amides is 2. The molecule has 2 heterocycles. The van der Waals surface area contributed by atoms with E-state index in [-0.39, 0.29) is 28.9 Å². The molecule has 0 saturated heterocycles. The molecule has 4 rings (SSSR count). The molecule has 2 aromatic heterocycles. The number of carbonyl (C=O) groups is 3. The molecule has 3 N–H and O–H groups in total. The number of nitrogens with one attached hydrogen (secondary N) is 3. The number of nitrogens with zero attached hydrogens (tertiary/aromatic N) is 1. The van der Waals surface area contributed by atoms with Crippen molar-refractivity contribution >= 4 is 24.0 Å². The van der Waals surface area contributed by atoms with Crippen LogP contribution in [0, 0.1) is 23.2 Å². The number of H-pyrrole nitrogens is 1. The summed E-state index contributed by atoms with van der Waals surface area (Å²) in [6.45, 7) is 13.7. The molecule has 0 aliphatic heterocycles. The Bertz CT molecular complexity index is 1350. The van der Waals surface area contributed by atoms with Crippen LogP contribution in [0.4, 0.5) is 5.69 Å². The lowest BCUT2D eigenvalue weighted by atomic mass is 9.58. The van der Waals surface area contributed by atoms with Crippen molar-refractivity contribution in [2.24, 2.45) is 23.2 Å². The van der Waals surface area contributed by atoms with Crippen molar-refractivity contribution in [3.8, 4) is 0 Å². The van der Waals surface area contributed by atoms with Crippen LogP contribution >= 0.6 is 0 Å². The van der Waals surface area contributed by atoms with Gasteiger partial charge in [-0.05, 0) is 105 Å². The van der Waals surface area contributed by atoms with Gasteiger partial charge in [-0.15, -0.1) is 0 Å². The molecule has 9 nitrogen and oxygen atoms in total. The highest BCUT2D eigenvalue weighted by Gasteiger charge is 2.40. The lowest BCUT2D eigenvalue weighted by Gasteiger charge is -2.47. The van der Waals surface area contributed by atoms with Crippen LogP contribution in [0.5, 0.6) is 0 Å². The van der Waals surface area contributed by atoms with E-state index in [0.29, 0.717) is 29.5 Å². The number of hydrogen-bond acceptors (Lipinski definition) is 5. The van der Waals surface area contributed by atoms with Crippen LogP contribution in [0.2, 0.25) is 0 Å². The SMILES string of the molecule is CC1CC2CC(C1)CC(C)(CCn1cccc(NC=O)c1=O)C2.COC(=O)/C=C/CC[C@@H](C)NC(=O)c1c[nH]cc1C(C)(C)C. The van der Waals surface area contributed by atoms with Crippen LogP contribution < -0.4 is 16.2 Å². The van der Waals surface area contributed by atoms with Crippen LogP contribution in [0.15, 0.2) is 47.7 Å². The van der Waals surface area contributed by atoms with Crippen LogP contribution in [0.1, 0.15) is 109 Å². The number of anilines is 1. The van der Waals surface area contributed by atoms with Crippen molar-refractivity contribution in [1.29, 1.82) is 0 Å². The third kappa shape index (κ3) is 10.8. The van der Waals surface area contributed by atoms with Gasteiger partial charge >= 0.3 is 5.97 Å². The number of aryl methyl sites for hydroxylation is 1. The fourth-order valence-electron chi connectivity index (χ4n) is 7.33. The molecule has 2 saturated carbocycles. The van der Waals surface area contributed by atoms with E-state index in [1.807, 2.05) is 25.4 Å². The van der Waals surface area contributed by atoms with Gasteiger partial charge < -0.3 is 24.9 Å². The highest BCUT2D eigenvalue weighted by molar-refractivity contribution is 5.96. The minimum atomic E-state index is -0.362. The zero-order valence-electron chi connectivity index (χ0n) is 28.3. The lowest BCUT2D eigenvalue weighted by molar-refractivity contribution is -0.134. The van der Waals surface area contributed by atoms with Crippen molar-refractivity contribution in [1.82, 2.24) is 14.9 Å². The Morgan fingerprint density at radius 2 is 1.87 bits per heavy atom. The highest BCUT2D eigenvalue weighted by Crippen LogP contribution is 2.51. The zero-order valence-corrected chi connectivity index (χ0v) is 28.3. The number of fused-ring (bicyclic) bond motifs is 2. The zero-order chi connectivity index (χ0) is 33.2. The second-order valence-corrected chi connectivity index (χ2v) is 14.6. The molecule has 9 heteroatoms. The maximum absolute atomic E-state index is 12.3. The summed E-state index contributed by atoms with van der Waals surface area (Å²) in [5.41, 5.74) is 2.21. The topological polar surface area (TPSA) is 122 Å². The second-order valence-electron chi connectivity index (χ2n) is 14.6.